The number of aryl methyl sites for hydroxylation is 1. The van der Waals surface area contributed by atoms with E-state index < -0.39 is 0 Å². The molecule has 0 fully saturated rings. The second kappa shape index (κ2) is 3.91. The van der Waals surface area contributed by atoms with Crippen LogP contribution in [0.1, 0.15) is 5.69 Å². The molecule has 0 bridgehead atoms. The summed E-state index contributed by atoms with van der Waals surface area (Å²) in [4.78, 5) is 12.0. The highest BCUT2D eigenvalue weighted by molar-refractivity contribution is 5.58. The summed E-state index contributed by atoms with van der Waals surface area (Å²) in [6, 6.07) is 5.54. The van der Waals surface area contributed by atoms with Crippen molar-refractivity contribution in [3.63, 3.8) is 0 Å². The number of rotatable bonds is 2. The molecule has 0 aliphatic rings. The highest BCUT2D eigenvalue weighted by Crippen LogP contribution is 2.16. The van der Waals surface area contributed by atoms with Crippen molar-refractivity contribution in [3.8, 4) is 0 Å². The van der Waals surface area contributed by atoms with E-state index in [1.165, 1.54) is 0 Å². The van der Waals surface area contributed by atoms with Crippen LogP contribution in [0.2, 0.25) is 0 Å². The molecular weight excluding hydrogens is 190 g/mol. The molecule has 0 aromatic carbocycles. The zero-order valence-corrected chi connectivity index (χ0v) is 8.31. The van der Waals surface area contributed by atoms with Crippen LogP contribution < -0.4 is 11.1 Å². The molecule has 2 aromatic heterocycles. The van der Waals surface area contributed by atoms with Crippen LogP contribution in [0.15, 0.2) is 30.6 Å². The van der Waals surface area contributed by atoms with Gasteiger partial charge in [0.25, 0.3) is 0 Å². The topological polar surface area (TPSA) is 76.7 Å². The maximum atomic E-state index is 5.47. The lowest BCUT2D eigenvalue weighted by Gasteiger charge is -2.07. The summed E-state index contributed by atoms with van der Waals surface area (Å²) in [5.74, 6) is 0.917. The average molecular weight is 201 g/mol. The molecule has 0 saturated carbocycles. The zero-order chi connectivity index (χ0) is 10.7. The summed E-state index contributed by atoms with van der Waals surface area (Å²) in [7, 11) is 0. The van der Waals surface area contributed by atoms with Crippen molar-refractivity contribution in [1.29, 1.82) is 0 Å². The number of nitrogens with two attached hydrogens (primary N) is 1. The van der Waals surface area contributed by atoms with Crippen LogP contribution in [0.25, 0.3) is 0 Å². The number of hydrogen-bond acceptors (Lipinski definition) is 5. The Morgan fingerprint density at radius 1 is 1.20 bits per heavy atom. The normalized spacial score (nSPS) is 9.93. The lowest BCUT2D eigenvalue weighted by Crippen LogP contribution is -2.00. The quantitative estimate of drug-likeness (QED) is 0.770. The van der Waals surface area contributed by atoms with Gasteiger partial charge in [0, 0.05) is 12.4 Å². The minimum absolute atomic E-state index is 0.251. The summed E-state index contributed by atoms with van der Waals surface area (Å²) < 4.78 is 0. The molecule has 2 rings (SSSR count). The van der Waals surface area contributed by atoms with Gasteiger partial charge in [-0.05, 0) is 25.1 Å². The van der Waals surface area contributed by atoms with E-state index in [2.05, 4.69) is 20.3 Å². The van der Waals surface area contributed by atoms with Crippen LogP contribution in [0, 0.1) is 6.92 Å². The first-order valence-corrected chi connectivity index (χ1v) is 4.53. The molecule has 2 aromatic rings. The average Bonchev–Trinajstić information content (AvgIpc) is 2.22. The van der Waals surface area contributed by atoms with Gasteiger partial charge < -0.3 is 11.1 Å². The smallest absolute Gasteiger partial charge is 0.221 e. The fraction of sp³-hybridized carbons (Fsp3) is 0.100. The Hall–Kier alpha value is -2.17. The van der Waals surface area contributed by atoms with Gasteiger partial charge in [-0.1, -0.05) is 0 Å². The maximum absolute atomic E-state index is 5.47. The number of anilines is 3. The predicted octanol–water partition coefficient (Wildman–Crippen LogP) is 1.51. The first-order valence-electron chi connectivity index (χ1n) is 4.53. The van der Waals surface area contributed by atoms with Gasteiger partial charge in [0.2, 0.25) is 5.95 Å². The Balaban J connectivity index is 2.26. The molecule has 2 heterocycles. The number of nitrogens with zero attached hydrogens (tertiary/aromatic N) is 3. The number of aromatic nitrogens is 3. The minimum atomic E-state index is 0.251. The molecule has 76 valence electrons. The lowest BCUT2D eigenvalue weighted by molar-refractivity contribution is 1.16. The van der Waals surface area contributed by atoms with Gasteiger partial charge in [-0.2, -0.15) is 4.98 Å². The first kappa shape index (κ1) is 9.39. The molecule has 0 amide bonds. The van der Waals surface area contributed by atoms with E-state index >= 15 is 0 Å². The van der Waals surface area contributed by atoms with E-state index in [-0.39, 0.29) is 5.95 Å². The number of nitrogen functional groups attached to an aromatic ring is 1. The monoisotopic (exact) mass is 201 g/mol. The lowest BCUT2D eigenvalue weighted by atomic mass is 10.3. The van der Waals surface area contributed by atoms with Gasteiger partial charge in [0.05, 0.1) is 11.4 Å². The molecule has 0 saturated heterocycles. The standard InChI is InChI=1S/C10H11N5/c1-7-8(3-2-5-12-7)14-9-4-6-13-10(11)15-9/h2-6H,1H3,(H3,11,13,14,15). The van der Waals surface area contributed by atoms with Crippen LogP contribution >= 0.6 is 0 Å². The van der Waals surface area contributed by atoms with E-state index in [9.17, 15) is 0 Å². The second-order valence-electron chi connectivity index (χ2n) is 3.06. The van der Waals surface area contributed by atoms with E-state index in [1.54, 1.807) is 18.5 Å². The van der Waals surface area contributed by atoms with E-state index in [0.29, 0.717) is 5.82 Å². The van der Waals surface area contributed by atoms with E-state index in [1.807, 2.05) is 19.1 Å². The molecule has 5 nitrogen and oxygen atoms in total. The molecule has 0 aliphatic carbocycles. The first-order chi connectivity index (χ1) is 7.25. The summed E-state index contributed by atoms with van der Waals surface area (Å²) in [5, 5.41) is 3.12. The Kier molecular flexibility index (Phi) is 2.45. The third-order valence-electron chi connectivity index (χ3n) is 1.94. The third-order valence-corrected chi connectivity index (χ3v) is 1.94. The van der Waals surface area contributed by atoms with Crippen molar-refractivity contribution < 1.29 is 0 Å². The zero-order valence-electron chi connectivity index (χ0n) is 8.31. The van der Waals surface area contributed by atoms with Crippen LogP contribution in [-0.4, -0.2) is 15.0 Å². The van der Waals surface area contributed by atoms with Crippen LogP contribution in [0.3, 0.4) is 0 Å². The minimum Gasteiger partial charge on any atom is -0.368 e. The van der Waals surface area contributed by atoms with Crippen LogP contribution in [0.5, 0.6) is 0 Å². The summed E-state index contributed by atoms with van der Waals surface area (Å²) in [6.07, 6.45) is 3.35. The molecule has 0 spiro atoms. The van der Waals surface area contributed by atoms with Crippen molar-refractivity contribution in [3.05, 3.63) is 36.3 Å². The number of pyridine rings is 1. The fourth-order valence-corrected chi connectivity index (χ4v) is 1.20. The number of hydrogen-bond donors (Lipinski definition) is 2. The molecule has 15 heavy (non-hydrogen) atoms. The Morgan fingerprint density at radius 3 is 2.80 bits per heavy atom. The highest BCUT2D eigenvalue weighted by atomic mass is 15.1. The van der Waals surface area contributed by atoms with Crippen LogP contribution in [-0.2, 0) is 0 Å². The SMILES string of the molecule is Cc1ncccc1Nc1ccnc(N)n1. The highest BCUT2D eigenvalue weighted by Gasteiger charge is 1.99. The van der Waals surface area contributed by atoms with Gasteiger partial charge >= 0.3 is 0 Å². The van der Waals surface area contributed by atoms with Crippen molar-refractivity contribution >= 4 is 17.5 Å². The van der Waals surface area contributed by atoms with Crippen molar-refractivity contribution in [2.24, 2.45) is 0 Å². The molecule has 3 N–H and O–H groups in total. The Bertz CT molecular complexity index is 469. The Morgan fingerprint density at radius 2 is 2.07 bits per heavy atom. The van der Waals surface area contributed by atoms with Crippen molar-refractivity contribution in [2.45, 2.75) is 6.92 Å². The van der Waals surface area contributed by atoms with Gasteiger partial charge in [-0.3, -0.25) is 4.98 Å². The molecule has 0 aliphatic heterocycles. The Labute approximate surface area is 87.4 Å². The van der Waals surface area contributed by atoms with Crippen molar-refractivity contribution in [1.82, 2.24) is 15.0 Å². The molecule has 0 radical (unpaired) electrons. The van der Waals surface area contributed by atoms with Gasteiger partial charge in [-0.15, -0.1) is 0 Å². The summed E-state index contributed by atoms with van der Waals surface area (Å²) >= 11 is 0. The number of nitrogens with one attached hydrogen (secondary N) is 1. The second-order valence-corrected chi connectivity index (χ2v) is 3.06. The summed E-state index contributed by atoms with van der Waals surface area (Å²) in [5.41, 5.74) is 7.30. The molecule has 5 heteroatoms. The maximum Gasteiger partial charge on any atom is 0.221 e. The third kappa shape index (κ3) is 2.19. The van der Waals surface area contributed by atoms with E-state index in [0.717, 1.165) is 11.4 Å². The molecule has 0 unspecified atom stereocenters. The molecule has 0 atom stereocenters. The van der Waals surface area contributed by atoms with Gasteiger partial charge in [0.15, 0.2) is 0 Å². The van der Waals surface area contributed by atoms with Crippen molar-refractivity contribution in [2.75, 3.05) is 11.1 Å². The predicted molar refractivity (Wildman–Crippen MR) is 58.7 cm³/mol. The fourth-order valence-electron chi connectivity index (χ4n) is 1.20. The van der Waals surface area contributed by atoms with E-state index in [4.69, 9.17) is 5.73 Å². The van der Waals surface area contributed by atoms with Gasteiger partial charge in [0.1, 0.15) is 5.82 Å². The van der Waals surface area contributed by atoms with Gasteiger partial charge in [-0.25, -0.2) is 4.98 Å². The summed E-state index contributed by atoms with van der Waals surface area (Å²) in [6.45, 7) is 1.92. The molecular formula is C10H11N5. The largest absolute Gasteiger partial charge is 0.368 e. The van der Waals surface area contributed by atoms with Crippen LogP contribution in [0.4, 0.5) is 17.5 Å².